The van der Waals surface area contributed by atoms with Gasteiger partial charge in [0.1, 0.15) is 0 Å². The van der Waals surface area contributed by atoms with Gasteiger partial charge in [0.25, 0.3) is 0 Å². The van der Waals surface area contributed by atoms with Crippen LogP contribution in [0.5, 0.6) is 0 Å². The highest BCUT2D eigenvalue weighted by Crippen LogP contribution is 2.60. The average molecular weight is 230 g/mol. The average Bonchev–Trinajstić information content (AvgIpc) is 3.03. The van der Waals surface area contributed by atoms with Crippen molar-refractivity contribution in [1.82, 2.24) is 0 Å². The summed E-state index contributed by atoms with van der Waals surface area (Å²) in [4.78, 5) is 0. The Hall–Kier alpha value is -0.820. The molecule has 1 aromatic rings. The first-order valence-corrected chi connectivity index (χ1v) is 6.78. The molecule has 2 aliphatic rings. The van der Waals surface area contributed by atoms with Crippen molar-refractivity contribution < 1.29 is 5.11 Å². The molecule has 1 nitrogen and oxygen atoms in total. The van der Waals surface area contributed by atoms with Gasteiger partial charge in [-0.2, -0.15) is 0 Å². The molecule has 3 unspecified atom stereocenters. The summed E-state index contributed by atoms with van der Waals surface area (Å²) in [7, 11) is 0. The van der Waals surface area contributed by atoms with E-state index >= 15 is 0 Å². The van der Waals surface area contributed by atoms with Crippen LogP contribution in [0.4, 0.5) is 0 Å². The van der Waals surface area contributed by atoms with E-state index in [2.05, 4.69) is 44.2 Å². The Balaban J connectivity index is 1.73. The van der Waals surface area contributed by atoms with Crippen LogP contribution in [0.25, 0.3) is 0 Å². The predicted octanol–water partition coefficient (Wildman–Crippen LogP) is 3.73. The highest BCUT2D eigenvalue weighted by molar-refractivity contribution is 5.28. The Morgan fingerprint density at radius 3 is 2.41 bits per heavy atom. The fourth-order valence-corrected chi connectivity index (χ4v) is 3.73. The summed E-state index contributed by atoms with van der Waals surface area (Å²) in [6, 6.07) is 10.7. The van der Waals surface area contributed by atoms with Gasteiger partial charge in [-0.1, -0.05) is 44.2 Å². The molecule has 17 heavy (non-hydrogen) atoms. The van der Waals surface area contributed by atoms with Crippen LogP contribution in [-0.2, 0) is 0 Å². The first kappa shape index (κ1) is 11.3. The lowest BCUT2D eigenvalue weighted by Gasteiger charge is -2.25. The van der Waals surface area contributed by atoms with Crippen LogP contribution < -0.4 is 0 Å². The predicted molar refractivity (Wildman–Crippen MR) is 69.9 cm³/mol. The highest BCUT2D eigenvalue weighted by Gasteiger charge is 2.56. The van der Waals surface area contributed by atoms with Crippen LogP contribution in [-0.4, -0.2) is 10.7 Å². The number of aliphatic hydroxyl groups is 1. The summed E-state index contributed by atoms with van der Waals surface area (Å²) in [5.74, 6) is 1.11. The molecule has 2 saturated carbocycles. The van der Waals surface area contributed by atoms with Gasteiger partial charge < -0.3 is 5.11 Å². The van der Waals surface area contributed by atoms with Crippen molar-refractivity contribution in [3.05, 3.63) is 35.9 Å². The Bertz CT molecular complexity index is 409. The van der Waals surface area contributed by atoms with Crippen molar-refractivity contribution >= 4 is 0 Å². The summed E-state index contributed by atoms with van der Waals surface area (Å²) in [5, 5.41) is 10.8. The lowest BCUT2D eigenvalue weighted by Crippen LogP contribution is -2.29. The zero-order valence-electron chi connectivity index (χ0n) is 10.8. The molecule has 2 aliphatic carbocycles. The van der Waals surface area contributed by atoms with Crippen molar-refractivity contribution in [1.29, 1.82) is 0 Å². The van der Waals surface area contributed by atoms with Gasteiger partial charge in [0.15, 0.2) is 0 Å². The quantitative estimate of drug-likeness (QED) is 0.820. The van der Waals surface area contributed by atoms with E-state index < -0.39 is 0 Å². The largest absolute Gasteiger partial charge is 0.390 e. The minimum atomic E-state index is -0.385. The van der Waals surface area contributed by atoms with E-state index in [4.69, 9.17) is 0 Å². The Morgan fingerprint density at radius 2 is 1.82 bits per heavy atom. The molecule has 3 atom stereocenters. The van der Waals surface area contributed by atoms with E-state index in [1.165, 1.54) is 18.4 Å². The van der Waals surface area contributed by atoms with E-state index in [1.54, 1.807) is 0 Å². The first-order valence-electron chi connectivity index (χ1n) is 6.78. The van der Waals surface area contributed by atoms with Crippen LogP contribution in [0, 0.1) is 11.3 Å². The minimum absolute atomic E-state index is 0.332. The van der Waals surface area contributed by atoms with Crippen molar-refractivity contribution in [3.63, 3.8) is 0 Å². The van der Waals surface area contributed by atoms with Gasteiger partial charge in [-0.05, 0) is 48.5 Å². The van der Waals surface area contributed by atoms with Gasteiger partial charge in [-0.15, -0.1) is 0 Å². The summed E-state index contributed by atoms with van der Waals surface area (Å²) >= 11 is 0. The van der Waals surface area contributed by atoms with Crippen molar-refractivity contribution in [3.8, 4) is 0 Å². The second kappa shape index (κ2) is 3.58. The molecule has 0 saturated heterocycles. The lowest BCUT2D eigenvalue weighted by molar-refractivity contribution is 0.0133. The van der Waals surface area contributed by atoms with Gasteiger partial charge in [-0.25, -0.2) is 0 Å². The van der Waals surface area contributed by atoms with E-state index in [-0.39, 0.29) is 5.60 Å². The molecule has 2 fully saturated rings. The third kappa shape index (κ3) is 2.01. The molecule has 0 radical (unpaired) electrons. The molecule has 0 bridgehead atoms. The maximum absolute atomic E-state index is 10.8. The summed E-state index contributed by atoms with van der Waals surface area (Å²) in [6.45, 7) is 4.57. The molecule has 92 valence electrons. The van der Waals surface area contributed by atoms with Gasteiger partial charge in [-0.3, -0.25) is 0 Å². The Kier molecular flexibility index (Phi) is 2.38. The zero-order chi connectivity index (χ0) is 12.1. The molecule has 0 amide bonds. The maximum Gasteiger partial charge on any atom is 0.0687 e. The molecule has 1 aromatic carbocycles. The summed E-state index contributed by atoms with van der Waals surface area (Å²) in [6.07, 6.45) is 4.32. The molecule has 1 heteroatoms. The molecule has 0 heterocycles. The molecular weight excluding hydrogens is 208 g/mol. The van der Waals surface area contributed by atoms with Crippen LogP contribution in [0.3, 0.4) is 0 Å². The highest BCUT2D eigenvalue weighted by atomic mass is 16.3. The maximum atomic E-state index is 10.8. The topological polar surface area (TPSA) is 20.2 Å². The number of hydrogen-bond donors (Lipinski definition) is 1. The zero-order valence-corrected chi connectivity index (χ0v) is 10.8. The van der Waals surface area contributed by atoms with Crippen LogP contribution in [0.15, 0.2) is 30.3 Å². The molecule has 3 rings (SSSR count). The van der Waals surface area contributed by atoms with Crippen LogP contribution in [0.2, 0.25) is 0 Å². The lowest BCUT2D eigenvalue weighted by atomic mass is 9.86. The number of rotatable bonds is 2. The fourth-order valence-electron chi connectivity index (χ4n) is 3.73. The smallest absolute Gasteiger partial charge is 0.0687 e. The monoisotopic (exact) mass is 230 g/mol. The third-order valence-electron chi connectivity index (χ3n) is 4.73. The van der Waals surface area contributed by atoms with Gasteiger partial charge in [0, 0.05) is 0 Å². The minimum Gasteiger partial charge on any atom is -0.390 e. The fraction of sp³-hybridized carbons (Fsp3) is 0.625. The standard InChI is InChI=1S/C16H22O/c1-15(2)8-9-16(17,11-15)14-10-13(14)12-6-4-3-5-7-12/h3-7,13-14,17H,8-11H2,1-2H3. The van der Waals surface area contributed by atoms with E-state index in [1.807, 2.05) is 0 Å². The van der Waals surface area contributed by atoms with Crippen molar-refractivity contribution in [2.75, 3.05) is 0 Å². The second-order valence-electron chi connectivity index (χ2n) is 6.80. The number of benzene rings is 1. The number of hydrogen-bond acceptors (Lipinski definition) is 1. The van der Waals surface area contributed by atoms with Crippen LogP contribution in [0.1, 0.15) is 51.0 Å². The van der Waals surface area contributed by atoms with Gasteiger partial charge in [0.2, 0.25) is 0 Å². The molecule has 0 aliphatic heterocycles. The van der Waals surface area contributed by atoms with E-state index in [0.717, 1.165) is 12.8 Å². The molecular formula is C16H22O. The molecule has 0 aromatic heterocycles. The Morgan fingerprint density at radius 1 is 1.12 bits per heavy atom. The van der Waals surface area contributed by atoms with E-state index in [9.17, 15) is 5.11 Å². The molecule has 1 N–H and O–H groups in total. The van der Waals surface area contributed by atoms with Gasteiger partial charge >= 0.3 is 0 Å². The van der Waals surface area contributed by atoms with Gasteiger partial charge in [0.05, 0.1) is 5.60 Å². The van der Waals surface area contributed by atoms with Crippen molar-refractivity contribution in [2.45, 2.75) is 51.0 Å². The third-order valence-corrected chi connectivity index (χ3v) is 4.73. The molecule has 0 spiro atoms. The summed E-state index contributed by atoms with van der Waals surface area (Å²) < 4.78 is 0. The van der Waals surface area contributed by atoms with E-state index in [0.29, 0.717) is 17.3 Å². The SMILES string of the molecule is CC1(C)CCC(O)(C2CC2c2ccccc2)C1. The second-order valence-corrected chi connectivity index (χ2v) is 6.80. The van der Waals surface area contributed by atoms with Crippen molar-refractivity contribution in [2.24, 2.45) is 11.3 Å². The van der Waals surface area contributed by atoms with Crippen LogP contribution >= 0.6 is 0 Å². The normalized spacial score (nSPS) is 39.2. The Labute approximate surface area is 104 Å². The first-order chi connectivity index (χ1) is 8.00. The summed E-state index contributed by atoms with van der Waals surface area (Å²) in [5.41, 5.74) is 1.36.